The highest BCUT2D eigenvalue weighted by Gasteiger charge is 2.30. The number of benzene rings is 4. The molecule has 3 nitrogen and oxygen atoms in total. The lowest BCUT2D eigenvalue weighted by Gasteiger charge is -2.12. The van der Waals surface area contributed by atoms with Gasteiger partial charge >= 0.3 is 0 Å². The summed E-state index contributed by atoms with van der Waals surface area (Å²) in [7, 11) is -3.72. The number of rotatable bonds is 5. The molecule has 0 amide bonds. The third-order valence-corrected chi connectivity index (χ3v) is 7.47. The van der Waals surface area contributed by atoms with Gasteiger partial charge in [0.1, 0.15) is 0 Å². The first kappa shape index (κ1) is 21.9. The topological polar surface area (TPSA) is 46.2 Å². The first-order chi connectivity index (χ1) is 16.5. The summed E-state index contributed by atoms with van der Waals surface area (Å²) < 4.78 is 29.0. The van der Waals surface area contributed by atoms with Crippen molar-refractivity contribution < 1.29 is 8.42 Å². The van der Waals surface area contributed by atoms with Gasteiger partial charge in [0.25, 0.3) is 10.0 Å². The second-order valence-corrected chi connectivity index (χ2v) is 10.2. The Morgan fingerprint density at radius 3 is 1.85 bits per heavy atom. The number of sulfonamides is 1. The van der Waals surface area contributed by atoms with E-state index in [0.717, 1.165) is 50.1 Å². The fourth-order valence-corrected chi connectivity index (χ4v) is 5.41. The molecule has 0 unspecified atom stereocenters. The van der Waals surface area contributed by atoms with Gasteiger partial charge < -0.3 is 0 Å². The van der Waals surface area contributed by atoms with E-state index in [4.69, 9.17) is 0 Å². The number of nitrogens with one attached hydrogen (secondary N) is 1. The van der Waals surface area contributed by atoms with Crippen molar-refractivity contribution in [3.8, 4) is 0 Å². The molecule has 1 N–H and O–H groups in total. The molecule has 0 spiro atoms. The van der Waals surface area contributed by atoms with Crippen LogP contribution in [0.15, 0.2) is 114 Å². The zero-order valence-corrected chi connectivity index (χ0v) is 19.9. The van der Waals surface area contributed by atoms with Crippen molar-refractivity contribution in [3.63, 3.8) is 0 Å². The normalized spacial score (nSPS) is 14.4. The van der Waals surface area contributed by atoms with Crippen LogP contribution in [0.25, 0.3) is 16.7 Å². The standard InChI is InChI=1S/C30H25NO2S/c1-21-16-18-25(19-17-21)34(32,33)31-20-27-28-22(2)10-9-15-26(28)29(23-11-5-3-6-12-23)30(27)24-13-7-4-8-14-24/h3-20,31H,1-2H3/b27-20+. The van der Waals surface area contributed by atoms with E-state index in [-0.39, 0.29) is 4.90 Å². The van der Waals surface area contributed by atoms with Crippen LogP contribution in [0.2, 0.25) is 0 Å². The molecule has 0 bridgehead atoms. The molecule has 168 valence electrons. The summed E-state index contributed by atoms with van der Waals surface area (Å²) in [6, 6.07) is 33.5. The van der Waals surface area contributed by atoms with E-state index in [1.54, 1.807) is 30.5 Å². The Bertz CT molecular complexity index is 1520. The molecule has 0 atom stereocenters. The number of aryl methyl sites for hydroxylation is 2. The van der Waals surface area contributed by atoms with Crippen LogP contribution in [0, 0.1) is 13.8 Å². The van der Waals surface area contributed by atoms with E-state index in [1.807, 2.05) is 43.3 Å². The lowest BCUT2D eigenvalue weighted by Crippen LogP contribution is -2.18. The Labute approximate surface area is 201 Å². The molecular weight excluding hydrogens is 438 g/mol. The molecule has 0 saturated heterocycles. The number of fused-ring (bicyclic) bond motifs is 1. The van der Waals surface area contributed by atoms with Crippen molar-refractivity contribution in [3.05, 3.63) is 143 Å². The predicted octanol–water partition coefficient (Wildman–Crippen LogP) is 6.60. The highest BCUT2D eigenvalue weighted by atomic mass is 32.2. The van der Waals surface area contributed by atoms with Crippen LogP contribution in [0.4, 0.5) is 0 Å². The van der Waals surface area contributed by atoms with Gasteiger partial charge in [-0.05, 0) is 64.9 Å². The van der Waals surface area contributed by atoms with Crippen LogP contribution in [-0.2, 0) is 10.0 Å². The summed E-state index contributed by atoms with van der Waals surface area (Å²) in [5, 5.41) is 0. The highest BCUT2D eigenvalue weighted by Crippen LogP contribution is 2.49. The van der Waals surface area contributed by atoms with Gasteiger partial charge in [-0.15, -0.1) is 0 Å². The van der Waals surface area contributed by atoms with Crippen LogP contribution < -0.4 is 4.72 Å². The Hall–Kier alpha value is -3.89. The quantitative estimate of drug-likeness (QED) is 0.363. The van der Waals surface area contributed by atoms with Gasteiger partial charge in [-0.25, -0.2) is 8.42 Å². The molecule has 34 heavy (non-hydrogen) atoms. The van der Waals surface area contributed by atoms with Gasteiger partial charge in [0.15, 0.2) is 0 Å². The molecular formula is C30H25NO2S. The molecule has 4 aromatic carbocycles. The number of hydrogen-bond acceptors (Lipinski definition) is 2. The molecule has 0 saturated carbocycles. The average molecular weight is 464 g/mol. The maximum absolute atomic E-state index is 13.1. The summed E-state index contributed by atoms with van der Waals surface area (Å²) in [4.78, 5) is 0.242. The van der Waals surface area contributed by atoms with Gasteiger partial charge in [-0.1, -0.05) is 96.6 Å². The average Bonchev–Trinajstić information content (AvgIpc) is 3.20. The zero-order chi connectivity index (χ0) is 23.7. The minimum Gasteiger partial charge on any atom is -0.286 e. The molecule has 1 aliphatic carbocycles. The number of hydrogen-bond donors (Lipinski definition) is 1. The fourth-order valence-electron chi connectivity index (χ4n) is 4.50. The van der Waals surface area contributed by atoms with Crippen LogP contribution in [0.1, 0.15) is 33.4 Å². The van der Waals surface area contributed by atoms with Gasteiger partial charge in [0.05, 0.1) is 4.90 Å². The smallest absolute Gasteiger partial charge is 0.261 e. The van der Waals surface area contributed by atoms with E-state index in [1.165, 1.54) is 0 Å². The van der Waals surface area contributed by atoms with Gasteiger partial charge in [-0.2, -0.15) is 0 Å². The second-order valence-electron chi connectivity index (χ2n) is 8.47. The first-order valence-corrected chi connectivity index (χ1v) is 12.7. The van der Waals surface area contributed by atoms with Gasteiger partial charge in [0.2, 0.25) is 0 Å². The maximum atomic E-state index is 13.1. The maximum Gasteiger partial charge on any atom is 0.261 e. The summed E-state index contributed by atoms with van der Waals surface area (Å²) in [6.07, 6.45) is 1.65. The van der Waals surface area contributed by atoms with E-state index in [9.17, 15) is 8.42 Å². The first-order valence-electron chi connectivity index (χ1n) is 11.2. The molecule has 4 heteroatoms. The Morgan fingerprint density at radius 1 is 0.647 bits per heavy atom. The van der Waals surface area contributed by atoms with Crippen LogP contribution in [0.5, 0.6) is 0 Å². The van der Waals surface area contributed by atoms with Crippen molar-refractivity contribution in [2.45, 2.75) is 18.7 Å². The largest absolute Gasteiger partial charge is 0.286 e. The minimum absolute atomic E-state index is 0.242. The van der Waals surface area contributed by atoms with E-state index in [2.05, 4.69) is 54.1 Å². The molecule has 0 radical (unpaired) electrons. The summed E-state index contributed by atoms with van der Waals surface area (Å²) in [5.41, 5.74) is 9.38. The Balaban J connectivity index is 1.73. The summed E-state index contributed by atoms with van der Waals surface area (Å²) in [5.74, 6) is 0. The molecule has 0 aliphatic heterocycles. The Morgan fingerprint density at radius 2 is 1.24 bits per heavy atom. The van der Waals surface area contributed by atoms with Gasteiger partial charge in [0, 0.05) is 11.8 Å². The van der Waals surface area contributed by atoms with Crippen LogP contribution in [0.3, 0.4) is 0 Å². The third-order valence-electron chi connectivity index (χ3n) is 6.15. The molecule has 1 aliphatic rings. The molecule has 4 aromatic rings. The SMILES string of the molecule is Cc1ccc(S(=O)(=O)N/C=C2/C(c3ccccc3)=C(c3ccccc3)c3cccc(C)c32)cc1. The van der Waals surface area contributed by atoms with Crippen LogP contribution in [-0.4, -0.2) is 8.42 Å². The van der Waals surface area contributed by atoms with E-state index >= 15 is 0 Å². The van der Waals surface area contributed by atoms with Crippen molar-refractivity contribution in [1.29, 1.82) is 0 Å². The molecule has 0 fully saturated rings. The predicted molar refractivity (Wildman–Crippen MR) is 139 cm³/mol. The van der Waals surface area contributed by atoms with Crippen LogP contribution >= 0.6 is 0 Å². The van der Waals surface area contributed by atoms with Crippen molar-refractivity contribution in [2.24, 2.45) is 0 Å². The molecule has 0 aromatic heterocycles. The van der Waals surface area contributed by atoms with E-state index < -0.39 is 10.0 Å². The summed E-state index contributed by atoms with van der Waals surface area (Å²) >= 11 is 0. The second kappa shape index (κ2) is 8.81. The third kappa shape index (κ3) is 3.97. The lowest BCUT2D eigenvalue weighted by atomic mass is 9.93. The minimum atomic E-state index is -3.72. The highest BCUT2D eigenvalue weighted by molar-refractivity contribution is 7.89. The van der Waals surface area contributed by atoms with Crippen molar-refractivity contribution in [1.82, 2.24) is 4.72 Å². The number of allylic oxidation sites excluding steroid dienone is 2. The van der Waals surface area contributed by atoms with Crippen molar-refractivity contribution >= 4 is 26.7 Å². The molecule has 5 rings (SSSR count). The monoisotopic (exact) mass is 463 g/mol. The summed E-state index contributed by atoms with van der Waals surface area (Å²) in [6.45, 7) is 4.00. The lowest BCUT2D eigenvalue weighted by molar-refractivity contribution is 0.590. The molecule has 0 heterocycles. The van der Waals surface area contributed by atoms with E-state index in [0.29, 0.717) is 0 Å². The zero-order valence-electron chi connectivity index (χ0n) is 19.1. The Kier molecular flexibility index (Phi) is 5.68. The fraction of sp³-hybridized carbons (Fsp3) is 0.0667. The van der Waals surface area contributed by atoms with Crippen molar-refractivity contribution in [2.75, 3.05) is 0 Å². The van der Waals surface area contributed by atoms with Gasteiger partial charge in [-0.3, -0.25) is 4.72 Å².